The minimum absolute atomic E-state index is 0.685. The van der Waals surface area contributed by atoms with Crippen molar-refractivity contribution in [3.05, 3.63) is 53.7 Å². The predicted molar refractivity (Wildman–Crippen MR) is 82.1 cm³/mol. The third kappa shape index (κ3) is 4.07. The summed E-state index contributed by atoms with van der Waals surface area (Å²) in [5.74, 6) is 1.53. The van der Waals surface area contributed by atoms with Crippen molar-refractivity contribution in [2.24, 2.45) is 0 Å². The number of ether oxygens (including phenoxy) is 1. The first-order valence-electron chi connectivity index (χ1n) is 7.25. The number of nitrogens with zero attached hydrogens (tertiary/aromatic N) is 1. The summed E-state index contributed by atoms with van der Waals surface area (Å²) < 4.78 is 5.93. The zero-order valence-electron chi connectivity index (χ0n) is 12.2. The van der Waals surface area contributed by atoms with Crippen molar-refractivity contribution < 1.29 is 4.74 Å². The summed E-state index contributed by atoms with van der Waals surface area (Å²) in [6.07, 6.45) is 3.89. The molecule has 0 radical (unpaired) electrons. The van der Waals surface area contributed by atoms with E-state index in [-0.39, 0.29) is 0 Å². The van der Waals surface area contributed by atoms with Gasteiger partial charge in [0.25, 0.3) is 0 Å². The van der Waals surface area contributed by atoms with Crippen LogP contribution in [0.1, 0.15) is 31.4 Å². The number of hydrogen-bond acceptors (Lipinski definition) is 3. The SMILES string of the molecule is CCCNCc1cccnc1Oc1cccc(CC)c1. The normalized spacial score (nSPS) is 10.5. The molecule has 20 heavy (non-hydrogen) atoms. The predicted octanol–water partition coefficient (Wildman–Crippen LogP) is 3.94. The van der Waals surface area contributed by atoms with Crippen LogP contribution in [0.3, 0.4) is 0 Å². The van der Waals surface area contributed by atoms with Crippen LogP contribution >= 0.6 is 0 Å². The molecular weight excluding hydrogens is 248 g/mol. The molecule has 3 nitrogen and oxygen atoms in total. The molecule has 0 fully saturated rings. The molecule has 3 heteroatoms. The van der Waals surface area contributed by atoms with E-state index in [1.54, 1.807) is 6.20 Å². The zero-order chi connectivity index (χ0) is 14.2. The van der Waals surface area contributed by atoms with Crippen molar-refractivity contribution in [2.45, 2.75) is 33.2 Å². The minimum Gasteiger partial charge on any atom is -0.439 e. The molecule has 0 unspecified atom stereocenters. The molecule has 1 heterocycles. The van der Waals surface area contributed by atoms with Crippen LogP contribution in [0, 0.1) is 0 Å². The van der Waals surface area contributed by atoms with Gasteiger partial charge in [-0.2, -0.15) is 0 Å². The lowest BCUT2D eigenvalue weighted by atomic mass is 10.2. The van der Waals surface area contributed by atoms with Crippen LogP contribution in [0.5, 0.6) is 11.6 Å². The molecule has 0 aliphatic heterocycles. The van der Waals surface area contributed by atoms with Gasteiger partial charge in [0.2, 0.25) is 5.88 Å². The van der Waals surface area contributed by atoms with Crippen LogP contribution in [0.2, 0.25) is 0 Å². The molecule has 0 bridgehead atoms. The van der Waals surface area contributed by atoms with E-state index >= 15 is 0 Å². The van der Waals surface area contributed by atoms with Gasteiger partial charge in [-0.05, 0) is 43.1 Å². The number of nitrogens with one attached hydrogen (secondary N) is 1. The lowest BCUT2D eigenvalue weighted by molar-refractivity contribution is 0.452. The van der Waals surface area contributed by atoms with Crippen LogP contribution in [-0.2, 0) is 13.0 Å². The average Bonchev–Trinajstić information content (AvgIpc) is 2.49. The summed E-state index contributed by atoms with van der Waals surface area (Å²) >= 11 is 0. The molecule has 0 saturated heterocycles. The number of hydrogen-bond donors (Lipinski definition) is 1. The molecule has 0 spiro atoms. The Bertz CT molecular complexity index is 540. The molecule has 2 aromatic rings. The van der Waals surface area contributed by atoms with Crippen molar-refractivity contribution in [3.63, 3.8) is 0 Å². The Kier molecular flexibility index (Phi) is 5.56. The van der Waals surface area contributed by atoms with Crippen LogP contribution in [0.15, 0.2) is 42.6 Å². The molecule has 1 N–H and O–H groups in total. The van der Waals surface area contributed by atoms with E-state index in [2.05, 4.69) is 42.3 Å². The summed E-state index contributed by atoms with van der Waals surface area (Å²) in [4.78, 5) is 4.35. The number of aryl methyl sites for hydroxylation is 1. The molecule has 0 aliphatic rings. The quantitative estimate of drug-likeness (QED) is 0.774. The molecular formula is C17H22N2O. The topological polar surface area (TPSA) is 34.2 Å². The third-order valence-corrected chi connectivity index (χ3v) is 3.11. The van der Waals surface area contributed by atoms with Gasteiger partial charge in [0.15, 0.2) is 0 Å². The van der Waals surface area contributed by atoms with Gasteiger partial charge in [0.05, 0.1) is 0 Å². The summed E-state index contributed by atoms with van der Waals surface area (Å²) in [5, 5.41) is 3.38. The van der Waals surface area contributed by atoms with E-state index in [9.17, 15) is 0 Å². The van der Waals surface area contributed by atoms with Gasteiger partial charge in [-0.15, -0.1) is 0 Å². The van der Waals surface area contributed by atoms with Gasteiger partial charge >= 0.3 is 0 Å². The lowest BCUT2D eigenvalue weighted by Crippen LogP contribution is -2.14. The summed E-state index contributed by atoms with van der Waals surface area (Å²) in [6, 6.07) is 12.2. The fourth-order valence-corrected chi connectivity index (χ4v) is 1.99. The Morgan fingerprint density at radius 2 is 2.05 bits per heavy atom. The highest BCUT2D eigenvalue weighted by Gasteiger charge is 2.06. The molecule has 106 valence electrons. The number of pyridine rings is 1. The van der Waals surface area contributed by atoms with Crippen LogP contribution < -0.4 is 10.1 Å². The smallest absolute Gasteiger partial charge is 0.223 e. The Morgan fingerprint density at radius 3 is 2.85 bits per heavy atom. The van der Waals surface area contributed by atoms with E-state index in [4.69, 9.17) is 4.74 Å². The van der Waals surface area contributed by atoms with E-state index in [0.717, 1.165) is 37.2 Å². The first kappa shape index (κ1) is 14.5. The molecule has 0 atom stereocenters. The van der Waals surface area contributed by atoms with Gasteiger partial charge in [0, 0.05) is 18.3 Å². The summed E-state index contributed by atoms with van der Waals surface area (Å²) in [5.41, 5.74) is 2.35. The zero-order valence-corrected chi connectivity index (χ0v) is 12.2. The second-order valence-electron chi connectivity index (χ2n) is 4.75. The Hall–Kier alpha value is -1.87. The van der Waals surface area contributed by atoms with Crippen LogP contribution in [0.25, 0.3) is 0 Å². The first-order valence-corrected chi connectivity index (χ1v) is 7.25. The lowest BCUT2D eigenvalue weighted by Gasteiger charge is -2.11. The highest BCUT2D eigenvalue weighted by Crippen LogP contribution is 2.23. The Labute approximate surface area is 121 Å². The Morgan fingerprint density at radius 1 is 1.15 bits per heavy atom. The molecule has 0 saturated carbocycles. The Balaban J connectivity index is 2.11. The maximum Gasteiger partial charge on any atom is 0.223 e. The van der Waals surface area contributed by atoms with E-state index < -0.39 is 0 Å². The number of benzene rings is 1. The first-order chi connectivity index (χ1) is 9.83. The highest BCUT2D eigenvalue weighted by molar-refractivity contribution is 5.34. The van der Waals surface area contributed by atoms with Crippen molar-refractivity contribution in [1.29, 1.82) is 0 Å². The van der Waals surface area contributed by atoms with E-state index in [1.807, 2.05) is 18.2 Å². The van der Waals surface area contributed by atoms with E-state index in [1.165, 1.54) is 5.56 Å². The van der Waals surface area contributed by atoms with Crippen LogP contribution in [0.4, 0.5) is 0 Å². The fraction of sp³-hybridized carbons (Fsp3) is 0.353. The van der Waals surface area contributed by atoms with Crippen molar-refractivity contribution in [3.8, 4) is 11.6 Å². The molecule has 2 rings (SSSR count). The number of rotatable bonds is 7. The molecule has 0 aliphatic carbocycles. The summed E-state index contributed by atoms with van der Waals surface area (Å²) in [6.45, 7) is 6.08. The average molecular weight is 270 g/mol. The van der Waals surface area contributed by atoms with Crippen molar-refractivity contribution in [1.82, 2.24) is 10.3 Å². The standard InChI is InChI=1S/C17H22N2O/c1-3-10-18-13-15-8-6-11-19-17(15)20-16-9-5-7-14(4-2)12-16/h5-9,11-12,18H,3-4,10,13H2,1-2H3. The third-order valence-electron chi connectivity index (χ3n) is 3.11. The van der Waals surface area contributed by atoms with Gasteiger partial charge in [-0.3, -0.25) is 0 Å². The van der Waals surface area contributed by atoms with E-state index in [0.29, 0.717) is 5.88 Å². The van der Waals surface area contributed by atoms with Gasteiger partial charge in [0.1, 0.15) is 5.75 Å². The fourth-order valence-electron chi connectivity index (χ4n) is 1.99. The second kappa shape index (κ2) is 7.65. The van der Waals surface area contributed by atoms with Gasteiger partial charge < -0.3 is 10.1 Å². The molecule has 1 aromatic carbocycles. The monoisotopic (exact) mass is 270 g/mol. The van der Waals surface area contributed by atoms with Gasteiger partial charge in [-0.25, -0.2) is 4.98 Å². The van der Waals surface area contributed by atoms with Crippen LogP contribution in [-0.4, -0.2) is 11.5 Å². The maximum atomic E-state index is 5.93. The molecule has 1 aromatic heterocycles. The van der Waals surface area contributed by atoms with Gasteiger partial charge in [-0.1, -0.05) is 32.0 Å². The highest BCUT2D eigenvalue weighted by atomic mass is 16.5. The maximum absolute atomic E-state index is 5.93. The largest absolute Gasteiger partial charge is 0.439 e. The van der Waals surface area contributed by atoms with Crippen molar-refractivity contribution in [2.75, 3.05) is 6.54 Å². The van der Waals surface area contributed by atoms with Crippen molar-refractivity contribution >= 4 is 0 Å². The summed E-state index contributed by atoms with van der Waals surface area (Å²) in [7, 11) is 0. The number of aromatic nitrogens is 1. The minimum atomic E-state index is 0.685. The second-order valence-corrected chi connectivity index (χ2v) is 4.75. The molecule has 0 amide bonds.